The second-order valence-corrected chi connectivity index (χ2v) is 4.26. The third-order valence-corrected chi connectivity index (χ3v) is 3.16. The Morgan fingerprint density at radius 2 is 1.86 bits per heavy atom. The van der Waals surface area contributed by atoms with Crippen LogP contribution in [-0.4, -0.2) is 9.97 Å². The Morgan fingerprint density at radius 3 is 2.50 bits per heavy atom. The molecule has 1 heterocycles. The second kappa shape index (κ2) is 4.07. The van der Waals surface area contributed by atoms with E-state index in [-0.39, 0.29) is 0 Å². The predicted octanol–water partition coefficient (Wildman–Crippen LogP) is 1.25. The summed E-state index contributed by atoms with van der Waals surface area (Å²) >= 11 is 0. The molecular weight excluding hydrogens is 195 g/mol. The van der Waals surface area contributed by atoms with Gasteiger partial charge in [0, 0.05) is 6.20 Å². The number of aromatic nitrogens is 2. The Hall–Kier alpha value is -1.60. The first-order valence-electron chi connectivity index (χ1n) is 4.16. The van der Waals surface area contributed by atoms with Crippen LogP contribution in [0, 0.1) is 0 Å². The number of hydrogen-bond donors (Lipinski definition) is 0. The summed E-state index contributed by atoms with van der Waals surface area (Å²) in [5.74, 6) is 0. The first-order valence-corrected chi connectivity index (χ1v) is 5.42. The molecule has 1 aromatic carbocycles. The van der Waals surface area contributed by atoms with Crippen LogP contribution in [0.3, 0.4) is 0 Å². The Morgan fingerprint density at radius 1 is 1.07 bits per heavy atom. The van der Waals surface area contributed by atoms with E-state index in [1.807, 2.05) is 30.3 Å². The third kappa shape index (κ3) is 1.83. The first kappa shape index (κ1) is 8.97. The van der Waals surface area contributed by atoms with Gasteiger partial charge in [0.15, 0.2) is 5.30 Å². The molecule has 2 rings (SSSR count). The van der Waals surface area contributed by atoms with E-state index < -0.39 is 7.80 Å². The van der Waals surface area contributed by atoms with Crippen LogP contribution in [0.25, 0.3) is 0 Å². The van der Waals surface area contributed by atoms with Gasteiger partial charge in [-0.15, -0.1) is 0 Å². The van der Waals surface area contributed by atoms with Gasteiger partial charge in [-0.05, 0) is 12.1 Å². The lowest BCUT2D eigenvalue weighted by atomic mass is 10.4. The molecule has 0 fully saturated rings. The molecule has 1 aromatic heterocycles. The smallest absolute Gasteiger partial charge is 0.257 e. The minimum Gasteiger partial charge on any atom is -0.257 e. The van der Waals surface area contributed by atoms with E-state index in [0.717, 1.165) is 5.30 Å². The lowest BCUT2D eigenvalue weighted by Crippen LogP contribution is -2.09. The predicted molar refractivity (Wildman–Crippen MR) is 55.3 cm³/mol. The van der Waals surface area contributed by atoms with Gasteiger partial charge >= 0.3 is 13.2 Å². The standard InChI is InChI=1S/C10H8N2OP/c13-14(9-4-2-1-3-5-9)10-8-11-6-7-12-10/h1-8H/q+1. The highest BCUT2D eigenvalue weighted by Crippen LogP contribution is 2.16. The molecule has 0 saturated heterocycles. The average molecular weight is 203 g/mol. The summed E-state index contributed by atoms with van der Waals surface area (Å²) in [6.07, 6.45) is 4.65. The van der Waals surface area contributed by atoms with Gasteiger partial charge in [-0.1, -0.05) is 22.8 Å². The Labute approximate surface area is 82.6 Å². The molecule has 0 spiro atoms. The van der Waals surface area contributed by atoms with Gasteiger partial charge in [0.2, 0.25) is 0 Å². The summed E-state index contributed by atoms with van der Waals surface area (Å²) in [5, 5.41) is 0.781. The van der Waals surface area contributed by atoms with E-state index >= 15 is 0 Å². The minimum absolute atomic E-state index is 0.522. The first-order chi connectivity index (χ1) is 6.88. The molecule has 14 heavy (non-hydrogen) atoms. The molecule has 2 aromatic rings. The number of benzene rings is 1. The molecule has 0 saturated carbocycles. The molecule has 0 aliphatic rings. The Balaban J connectivity index is 2.35. The van der Waals surface area contributed by atoms with Crippen LogP contribution in [0.5, 0.6) is 0 Å². The molecule has 0 aliphatic heterocycles. The summed E-state index contributed by atoms with van der Waals surface area (Å²) in [6, 6.07) is 9.27. The second-order valence-electron chi connectivity index (χ2n) is 2.69. The molecule has 1 unspecified atom stereocenters. The van der Waals surface area contributed by atoms with Crippen LogP contribution in [0.2, 0.25) is 0 Å². The summed E-state index contributed by atoms with van der Waals surface area (Å²) in [7, 11) is -1.59. The van der Waals surface area contributed by atoms with E-state index in [9.17, 15) is 4.57 Å². The van der Waals surface area contributed by atoms with Gasteiger partial charge in [-0.25, -0.2) is 4.98 Å². The van der Waals surface area contributed by atoms with E-state index in [0.29, 0.717) is 5.44 Å². The molecule has 0 radical (unpaired) electrons. The molecule has 4 heteroatoms. The van der Waals surface area contributed by atoms with Crippen molar-refractivity contribution in [2.75, 3.05) is 0 Å². The molecule has 3 nitrogen and oxygen atoms in total. The molecule has 0 amide bonds. The van der Waals surface area contributed by atoms with Gasteiger partial charge in [-0.2, -0.15) is 0 Å². The zero-order chi connectivity index (χ0) is 9.80. The van der Waals surface area contributed by atoms with Crippen molar-refractivity contribution < 1.29 is 4.57 Å². The third-order valence-electron chi connectivity index (χ3n) is 1.75. The summed E-state index contributed by atoms with van der Waals surface area (Å²) in [4.78, 5) is 7.89. The van der Waals surface area contributed by atoms with Crippen molar-refractivity contribution in [1.29, 1.82) is 0 Å². The highest BCUT2D eigenvalue weighted by atomic mass is 31.1. The SMILES string of the molecule is O=[P+](c1ccccc1)c1cnccn1. The van der Waals surface area contributed by atoms with Crippen LogP contribution >= 0.6 is 7.80 Å². The fourth-order valence-corrected chi connectivity index (χ4v) is 2.14. The van der Waals surface area contributed by atoms with Gasteiger partial charge in [-0.3, -0.25) is 4.98 Å². The van der Waals surface area contributed by atoms with Crippen LogP contribution < -0.4 is 10.7 Å². The maximum atomic E-state index is 11.9. The Bertz CT molecular complexity index is 389. The van der Waals surface area contributed by atoms with Crippen molar-refractivity contribution in [3.63, 3.8) is 0 Å². The van der Waals surface area contributed by atoms with Crippen LogP contribution in [0.1, 0.15) is 0 Å². The molecule has 0 bridgehead atoms. The van der Waals surface area contributed by atoms with Crippen molar-refractivity contribution in [2.24, 2.45) is 0 Å². The van der Waals surface area contributed by atoms with Crippen molar-refractivity contribution in [3.05, 3.63) is 48.9 Å². The highest BCUT2D eigenvalue weighted by molar-refractivity contribution is 7.61. The average Bonchev–Trinajstić information content (AvgIpc) is 2.30. The van der Waals surface area contributed by atoms with Crippen molar-refractivity contribution in [1.82, 2.24) is 9.97 Å². The lowest BCUT2D eigenvalue weighted by molar-refractivity contribution is 0.597. The van der Waals surface area contributed by atoms with Crippen molar-refractivity contribution >= 4 is 18.5 Å². The fourth-order valence-electron chi connectivity index (χ4n) is 1.09. The quantitative estimate of drug-likeness (QED) is 0.690. The maximum Gasteiger partial charge on any atom is 0.437 e. The highest BCUT2D eigenvalue weighted by Gasteiger charge is 2.24. The normalized spacial score (nSPS) is 11.0. The topological polar surface area (TPSA) is 42.9 Å². The van der Waals surface area contributed by atoms with E-state index in [4.69, 9.17) is 0 Å². The summed E-state index contributed by atoms with van der Waals surface area (Å²) < 4.78 is 11.9. The largest absolute Gasteiger partial charge is 0.437 e. The summed E-state index contributed by atoms with van der Waals surface area (Å²) in [5.41, 5.74) is 0.522. The molecule has 68 valence electrons. The summed E-state index contributed by atoms with van der Waals surface area (Å²) in [6.45, 7) is 0. The van der Waals surface area contributed by atoms with Crippen LogP contribution in [-0.2, 0) is 4.57 Å². The van der Waals surface area contributed by atoms with Gasteiger partial charge in [0.05, 0.1) is 6.20 Å². The molecular formula is C10H8N2OP+. The van der Waals surface area contributed by atoms with Gasteiger partial charge in [0.25, 0.3) is 0 Å². The monoisotopic (exact) mass is 203 g/mol. The number of rotatable bonds is 2. The number of nitrogens with zero attached hydrogens (tertiary/aromatic N) is 2. The van der Waals surface area contributed by atoms with Crippen LogP contribution in [0.4, 0.5) is 0 Å². The van der Waals surface area contributed by atoms with Gasteiger partial charge < -0.3 is 0 Å². The minimum atomic E-state index is -1.59. The maximum absolute atomic E-state index is 11.9. The van der Waals surface area contributed by atoms with Crippen LogP contribution in [0.15, 0.2) is 48.9 Å². The zero-order valence-electron chi connectivity index (χ0n) is 7.37. The molecule has 0 N–H and O–H groups in total. The lowest BCUT2D eigenvalue weighted by Gasteiger charge is -1.86. The molecule has 1 atom stereocenters. The zero-order valence-corrected chi connectivity index (χ0v) is 8.26. The Kier molecular flexibility index (Phi) is 2.61. The van der Waals surface area contributed by atoms with E-state index in [1.54, 1.807) is 12.4 Å². The molecule has 0 aliphatic carbocycles. The number of hydrogen-bond acceptors (Lipinski definition) is 3. The van der Waals surface area contributed by atoms with Crippen molar-refractivity contribution in [3.8, 4) is 0 Å². The van der Waals surface area contributed by atoms with E-state index in [2.05, 4.69) is 9.97 Å². The van der Waals surface area contributed by atoms with Crippen molar-refractivity contribution in [2.45, 2.75) is 0 Å². The van der Waals surface area contributed by atoms with Gasteiger partial charge in [0.1, 0.15) is 6.20 Å². The fraction of sp³-hybridized carbons (Fsp3) is 0. The van der Waals surface area contributed by atoms with E-state index in [1.165, 1.54) is 6.20 Å².